The van der Waals surface area contributed by atoms with Crippen LogP contribution in [0.1, 0.15) is 18.3 Å². The van der Waals surface area contributed by atoms with Gasteiger partial charge in [0.15, 0.2) is 5.16 Å². The Morgan fingerprint density at radius 3 is 2.96 bits per heavy atom. The van der Waals surface area contributed by atoms with Gasteiger partial charge < -0.3 is 9.09 Å². The van der Waals surface area contributed by atoms with Crippen LogP contribution in [-0.2, 0) is 11.3 Å². The highest BCUT2D eigenvalue weighted by Gasteiger charge is 2.19. The molecule has 0 fully saturated rings. The van der Waals surface area contributed by atoms with E-state index in [-0.39, 0.29) is 11.2 Å². The first-order valence-corrected chi connectivity index (χ1v) is 8.31. The first-order valence-electron chi connectivity index (χ1n) is 7.43. The van der Waals surface area contributed by atoms with Gasteiger partial charge >= 0.3 is 0 Å². The molecular formula is C16H17N5O2S. The van der Waals surface area contributed by atoms with Crippen molar-refractivity contribution in [2.24, 2.45) is 0 Å². The first-order chi connectivity index (χ1) is 11.6. The van der Waals surface area contributed by atoms with Crippen LogP contribution in [0.15, 0.2) is 52.5 Å². The average molecular weight is 343 g/mol. The topological polar surface area (TPSA) is 85.8 Å². The molecule has 0 spiro atoms. The van der Waals surface area contributed by atoms with Crippen molar-refractivity contribution in [2.45, 2.75) is 30.8 Å². The van der Waals surface area contributed by atoms with E-state index in [1.807, 2.05) is 35.9 Å². The molecule has 3 aromatic heterocycles. The molecule has 1 atom stereocenters. The standard InChI is InChI=1S/C16H17N5O2S/c1-11-9-14(23-20-11)19-15(22)12(2)24-16-18-7-8-21(16)10-13-5-3-4-6-17-13/h3-9,12H,10H2,1-2H3,(H,19,22)/t12-/m0/s1. The second-order valence-corrected chi connectivity index (χ2v) is 6.55. The number of nitrogens with one attached hydrogen (secondary N) is 1. The summed E-state index contributed by atoms with van der Waals surface area (Å²) in [6.45, 7) is 4.23. The summed E-state index contributed by atoms with van der Waals surface area (Å²) in [5, 5.41) is 6.88. The third-order valence-electron chi connectivity index (χ3n) is 3.26. The summed E-state index contributed by atoms with van der Waals surface area (Å²) in [5.74, 6) is 0.185. The van der Waals surface area contributed by atoms with Gasteiger partial charge in [0.2, 0.25) is 11.8 Å². The maximum atomic E-state index is 12.2. The van der Waals surface area contributed by atoms with Crippen molar-refractivity contribution in [1.29, 1.82) is 0 Å². The third-order valence-corrected chi connectivity index (χ3v) is 4.38. The lowest BCUT2D eigenvalue weighted by Gasteiger charge is -2.11. The van der Waals surface area contributed by atoms with E-state index in [0.717, 1.165) is 16.5 Å². The molecule has 0 saturated carbocycles. The summed E-state index contributed by atoms with van der Waals surface area (Å²) >= 11 is 1.38. The SMILES string of the molecule is Cc1cc(NC(=O)[C@H](C)Sc2nccn2Cc2ccccn2)on1. The molecule has 0 saturated heterocycles. The van der Waals surface area contributed by atoms with Crippen LogP contribution in [0.5, 0.6) is 0 Å². The normalized spacial score (nSPS) is 12.1. The molecule has 24 heavy (non-hydrogen) atoms. The smallest absolute Gasteiger partial charge is 0.240 e. The number of amides is 1. The van der Waals surface area contributed by atoms with Crippen molar-refractivity contribution < 1.29 is 9.32 Å². The molecule has 124 valence electrons. The van der Waals surface area contributed by atoms with Crippen molar-refractivity contribution in [3.05, 3.63) is 54.2 Å². The fourth-order valence-corrected chi connectivity index (χ4v) is 2.92. The fraction of sp³-hybridized carbons (Fsp3) is 0.250. The van der Waals surface area contributed by atoms with Crippen molar-refractivity contribution in [3.8, 4) is 0 Å². The largest absolute Gasteiger partial charge is 0.338 e. The van der Waals surface area contributed by atoms with E-state index in [0.29, 0.717) is 12.4 Å². The Morgan fingerprint density at radius 1 is 1.38 bits per heavy atom. The van der Waals surface area contributed by atoms with Gasteiger partial charge in [-0.25, -0.2) is 4.98 Å². The second-order valence-electron chi connectivity index (χ2n) is 5.24. The Labute approximate surface area is 143 Å². The van der Waals surface area contributed by atoms with E-state index in [4.69, 9.17) is 4.52 Å². The van der Waals surface area contributed by atoms with E-state index in [1.54, 1.807) is 25.4 Å². The molecule has 3 aromatic rings. The molecule has 0 aliphatic carbocycles. The number of aryl methyl sites for hydroxylation is 1. The van der Waals surface area contributed by atoms with Gasteiger partial charge in [0.25, 0.3) is 0 Å². The van der Waals surface area contributed by atoms with Crippen LogP contribution in [0.2, 0.25) is 0 Å². The van der Waals surface area contributed by atoms with E-state index in [9.17, 15) is 4.79 Å². The van der Waals surface area contributed by atoms with E-state index >= 15 is 0 Å². The number of thioether (sulfide) groups is 1. The Hall–Kier alpha value is -2.61. The summed E-state index contributed by atoms with van der Waals surface area (Å²) in [4.78, 5) is 20.9. The average Bonchev–Trinajstić information content (AvgIpc) is 3.17. The third kappa shape index (κ3) is 4.02. The molecule has 0 radical (unpaired) electrons. The minimum absolute atomic E-state index is 0.163. The zero-order valence-electron chi connectivity index (χ0n) is 13.3. The minimum Gasteiger partial charge on any atom is -0.338 e. The highest BCUT2D eigenvalue weighted by Crippen LogP contribution is 2.23. The predicted molar refractivity (Wildman–Crippen MR) is 90.8 cm³/mol. The number of hydrogen-bond acceptors (Lipinski definition) is 6. The Balaban J connectivity index is 1.63. The first kappa shape index (κ1) is 16.3. The van der Waals surface area contributed by atoms with Gasteiger partial charge in [-0.05, 0) is 26.0 Å². The molecule has 7 nitrogen and oxygen atoms in total. The number of imidazole rings is 1. The molecule has 8 heteroatoms. The highest BCUT2D eigenvalue weighted by atomic mass is 32.2. The molecule has 0 unspecified atom stereocenters. The summed E-state index contributed by atoms with van der Waals surface area (Å²) < 4.78 is 6.97. The number of aromatic nitrogens is 4. The monoisotopic (exact) mass is 343 g/mol. The Morgan fingerprint density at radius 2 is 2.25 bits per heavy atom. The van der Waals surface area contributed by atoms with E-state index < -0.39 is 0 Å². The van der Waals surface area contributed by atoms with Crippen LogP contribution in [0, 0.1) is 6.92 Å². The molecule has 0 bridgehead atoms. The minimum atomic E-state index is -0.333. The fourth-order valence-electron chi connectivity index (χ4n) is 2.06. The lowest BCUT2D eigenvalue weighted by Crippen LogP contribution is -2.22. The number of hydrogen-bond donors (Lipinski definition) is 1. The lowest BCUT2D eigenvalue weighted by molar-refractivity contribution is -0.115. The van der Waals surface area contributed by atoms with Gasteiger partial charge in [-0.3, -0.25) is 15.1 Å². The van der Waals surface area contributed by atoms with Crippen LogP contribution >= 0.6 is 11.8 Å². The zero-order chi connectivity index (χ0) is 16.9. The molecule has 3 heterocycles. The number of carbonyl (C=O) groups is 1. The van der Waals surface area contributed by atoms with Gasteiger partial charge in [0.05, 0.1) is 23.2 Å². The number of nitrogens with zero attached hydrogens (tertiary/aromatic N) is 4. The van der Waals surface area contributed by atoms with Gasteiger partial charge in [-0.15, -0.1) is 0 Å². The van der Waals surface area contributed by atoms with Gasteiger partial charge in [0, 0.05) is 24.7 Å². The summed E-state index contributed by atoms with van der Waals surface area (Å²) in [5.41, 5.74) is 1.66. The summed E-state index contributed by atoms with van der Waals surface area (Å²) in [6, 6.07) is 7.46. The quantitative estimate of drug-likeness (QED) is 0.693. The number of carbonyl (C=O) groups excluding carboxylic acids is 1. The van der Waals surface area contributed by atoms with Crippen LogP contribution in [0.3, 0.4) is 0 Å². The summed E-state index contributed by atoms with van der Waals surface area (Å²) in [7, 11) is 0. The Kier molecular flexibility index (Phi) is 4.95. The molecule has 3 rings (SSSR count). The molecule has 1 N–H and O–H groups in total. The highest BCUT2D eigenvalue weighted by molar-refractivity contribution is 8.00. The summed E-state index contributed by atoms with van der Waals surface area (Å²) in [6.07, 6.45) is 5.35. The van der Waals surface area contributed by atoms with Gasteiger partial charge in [-0.1, -0.05) is 23.0 Å². The van der Waals surface area contributed by atoms with E-state index in [2.05, 4.69) is 20.4 Å². The molecule has 0 aliphatic rings. The Bertz CT molecular complexity index is 815. The van der Waals surface area contributed by atoms with Gasteiger partial charge in [-0.2, -0.15) is 0 Å². The number of anilines is 1. The molecule has 0 aromatic carbocycles. The molecule has 0 aliphatic heterocycles. The predicted octanol–water partition coefficient (Wildman–Crippen LogP) is 2.74. The van der Waals surface area contributed by atoms with Crippen LogP contribution in [0.4, 0.5) is 5.88 Å². The van der Waals surface area contributed by atoms with Crippen LogP contribution in [-0.4, -0.2) is 30.8 Å². The van der Waals surface area contributed by atoms with Crippen LogP contribution in [0.25, 0.3) is 0 Å². The van der Waals surface area contributed by atoms with Crippen molar-refractivity contribution in [2.75, 3.05) is 5.32 Å². The van der Waals surface area contributed by atoms with Gasteiger partial charge in [0.1, 0.15) is 0 Å². The maximum absolute atomic E-state index is 12.2. The van der Waals surface area contributed by atoms with Crippen molar-refractivity contribution >= 4 is 23.6 Å². The number of rotatable bonds is 6. The van der Waals surface area contributed by atoms with Crippen molar-refractivity contribution in [3.63, 3.8) is 0 Å². The second kappa shape index (κ2) is 7.31. The van der Waals surface area contributed by atoms with Crippen molar-refractivity contribution in [1.82, 2.24) is 19.7 Å². The zero-order valence-corrected chi connectivity index (χ0v) is 14.2. The van der Waals surface area contributed by atoms with E-state index in [1.165, 1.54) is 11.8 Å². The molecular weight excluding hydrogens is 326 g/mol. The number of pyridine rings is 1. The molecule has 1 amide bonds. The maximum Gasteiger partial charge on any atom is 0.240 e. The van der Waals surface area contributed by atoms with Crippen LogP contribution < -0.4 is 5.32 Å². The lowest BCUT2D eigenvalue weighted by atomic mass is 10.3.